The van der Waals surface area contributed by atoms with Crippen molar-refractivity contribution < 1.29 is 9.84 Å². The van der Waals surface area contributed by atoms with Crippen LogP contribution in [0, 0.1) is 0 Å². The lowest BCUT2D eigenvalue weighted by Gasteiger charge is -2.11. The fourth-order valence-corrected chi connectivity index (χ4v) is 2.95. The first-order chi connectivity index (χ1) is 11.7. The third-order valence-corrected chi connectivity index (χ3v) is 4.24. The first-order valence-electron chi connectivity index (χ1n) is 8.17. The third-order valence-electron chi connectivity index (χ3n) is 3.93. The third kappa shape index (κ3) is 3.71. The molecule has 0 saturated heterocycles. The zero-order valence-electron chi connectivity index (χ0n) is 13.7. The lowest BCUT2D eigenvalue weighted by atomic mass is 10.2. The van der Waals surface area contributed by atoms with Crippen LogP contribution in [0.1, 0.15) is 31.7 Å². The SMILES string of the molecule is CC(O)c1nc2ccccc2n1CCCCOc1ccccc1Cl. The summed E-state index contributed by atoms with van der Waals surface area (Å²) in [6.45, 7) is 3.16. The average molecular weight is 345 g/mol. The molecule has 1 unspecified atom stereocenters. The molecule has 0 spiro atoms. The van der Waals surface area contributed by atoms with Crippen molar-refractivity contribution in [3.63, 3.8) is 0 Å². The molecule has 0 amide bonds. The molecular formula is C19H21ClN2O2. The number of rotatable bonds is 7. The zero-order valence-corrected chi connectivity index (χ0v) is 14.4. The molecule has 3 rings (SSSR count). The molecule has 24 heavy (non-hydrogen) atoms. The Labute approximate surface area is 146 Å². The molecule has 0 radical (unpaired) electrons. The molecule has 0 saturated carbocycles. The Morgan fingerprint density at radius 3 is 2.67 bits per heavy atom. The van der Waals surface area contributed by atoms with Gasteiger partial charge in [-0.3, -0.25) is 0 Å². The summed E-state index contributed by atoms with van der Waals surface area (Å²) in [6, 6.07) is 15.5. The number of ether oxygens (including phenoxy) is 1. The predicted molar refractivity (Wildman–Crippen MR) is 96.5 cm³/mol. The van der Waals surface area contributed by atoms with Gasteiger partial charge in [-0.15, -0.1) is 0 Å². The predicted octanol–water partition coefficient (Wildman–Crippen LogP) is 4.60. The van der Waals surface area contributed by atoms with Gasteiger partial charge in [0.05, 0.1) is 22.7 Å². The molecule has 5 heteroatoms. The second-order valence-corrected chi connectivity index (χ2v) is 6.18. The molecule has 1 atom stereocenters. The molecule has 0 bridgehead atoms. The average Bonchev–Trinajstić information content (AvgIpc) is 2.95. The van der Waals surface area contributed by atoms with Crippen LogP contribution >= 0.6 is 11.6 Å². The molecule has 0 aliphatic heterocycles. The van der Waals surface area contributed by atoms with E-state index < -0.39 is 6.10 Å². The quantitative estimate of drug-likeness (QED) is 0.637. The number of imidazole rings is 1. The van der Waals surface area contributed by atoms with Crippen LogP contribution in [-0.4, -0.2) is 21.3 Å². The minimum atomic E-state index is -0.586. The van der Waals surface area contributed by atoms with Gasteiger partial charge in [-0.25, -0.2) is 4.98 Å². The number of benzene rings is 2. The topological polar surface area (TPSA) is 47.3 Å². The lowest BCUT2D eigenvalue weighted by molar-refractivity contribution is 0.184. The summed E-state index contributed by atoms with van der Waals surface area (Å²) in [5.74, 6) is 1.43. The van der Waals surface area contributed by atoms with Gasteiger partial charge in [0.2, 0.25) is 0 Å². The van der Waals surface area contributed by atoms with E-state index >= 15 is 0 Å². The summed E-state index contributed by atoms with van der Waals surface area (Å²) >= 11 is 6.07. The van der Waals surface area contributed by atoms with E-state index in [-0.39, 0.29) is 0 Å². The number of aryl methyl sites for hydroxylation is 1. The highest BCUT2D eigenvalue weighted by Gasteiger charge is 2.13. The summed E-state index contributed by atoms with van der Waals surface area (Å²) < 4.78 is 7.81. The number of aliphatic hydroxyl groups excluding tert-OH is 1. The van der Waals surface area contributed by atoms with Gasteiger partial charge >= 0.3 is 0 Å². The van der Waals surface area contributed by atoms with Crippen molar-refractivity contribution in [1.82, 2.24) is 9.55 Å². The first-order valence-corrected chi connectivity index (χ1v) is 8.55. The summed E-state index contributed by atoms with van der Waals surface area (Å²) in [6.07, 6.45) is 1.25. The van der Waals surface area contributed by atoms with Crippen molar-refractivity contribution in [1.29, 1.82) is 0 Å². The highest BCUT2D eigenvalue weighted by molar-refractivity contribution is 6.32. The Hall–Kier alpha value is -2.04. The maximum absolute atomic E-state index is 9.96. The Morgan fingerprint density at radius 2 is 1.88 bits per heavy atom. The molecule has 126 valence electrons. The minimum Gasteiger partial charge on any atom is -0.492 e. The highest BCUT2D eigenvalue weighted by atomic mass is 35.5. The highest BCUT2D eigenvalue weighted by Crippen LogP contribution is 2.24. The van der Waals surface area contributed by atoms with Gasteiger partial charge in [-0.2, -0.15) is 0 Å². The van der Waals surface area contributed by atoms with Crippen LogP contribution in [0.15, 0.2) is 48.5 Å². The molecule has 1 N–H and O–H groups in total. The van der Waals surface area contributed by atoms with Gasteiger partial charge in [0.1, 0.15) is 17.7 Å². The molecule has 1 heterocycles. The summed E-state index contributed by atoms with van der Waals surface area (Å²) in [7, 11) is 0. The minimum absolute atomic E-state index is 0.586. The van der Waals surface area contributed by atoms with Gasteiger partial charge in [-0.1, -0.05) is 35.9 Å². The fourth-order valence-electron chi connectivity index (χ4n) is 2.76. The molecule has 0 fully saturated rings. The number of halogens is 1. The van der Waals surface area contributed by atoms with E-state index in [1.165, 1.54) is 0 Å². The second kappa shape index (κ2) is 7.69. The fraction of sp³-hybridized carbons (Fsp3) is 0.316. The molecule has 0 aliphatic carbocycles. The van der Waals surface area contributed by atoms with Crippen LogP contribution in [0.3, 0.4) is 0 Å². The van der Waals surface area contributed by atoms with E-state index in [2.05, 4.69) is 9.55 Å². The standard InChI is InChI=1S/C19H21ClN2O2/c1-14(23)19-21-16-9-3-4-10-17(16)22(19)12-6-7-13-24-18-11-5-2-8-15(18)20/h2-5,8-11,14,23H,6-7,12-13H2,1H3. The summed E-state index contributed by atoms with van der Waals surface area (Å²) in [5.41, 5.74) is 1.97. The number of aliphatic hydroxyl groups is 1. The van der Waals surface area contributed by atoms with E-state index in [4.69, 9.17) is 16.3 Å². The number of hydrogen-bond acceptors (Lipinski definition) is 3. The molecule has 3 aromatic rings. The van der Waals surface area contributed by atoms with E-state index in [1.54, 1.807) is 6.92 Å². The smallest absolute Gasteiger partial charge is 0.138 e. The van der Waals surface area contributed by atoms with Gasteiger partial charge in [0.15, 0.2) is 0 Å². The molecular weight excluding hydrogens is 324 g/mol. The summed E-state index contributed by atoms with van der Waals surface area (Å²) in [4.78, 5) is 4.53. The maximum Gasteiger partial charge on any atom is 0.138 e. The molecule has 4 nitrogen and oxygen atoms in total. The Balaban J connectivity index is 1.60. The van der Waals surface area contributed by atoms with E-state index in [1.807, 2.05) is 48.5 Å². The number of unbranched alkanes of at least 4 members (excludes halogenated alkanes) is 1. The van der Waals surface area contributed by atoms with Gasteiger partial charge < -0.3 is 14.4 Å². The van der Waals surface area contributed by atoms with E-state index in [0.717, 1.165) is 36.2 Å². The summed E-state index contributed by atoms with van der Waals surface area (Å²) in [5, 5.41) is 10.6. The van der Waals surface area contributed by atoms with Crippen molar-refractivity contribution in [2.24, 2.45) is 0 Å². The molecule has 0 aliphatic rings. The van der Waals surface area contributed by atoms with E-state index in [0.29, 0.717) is 17.5 Å². The number of fused-ring (bicyclic) bond motifs is 1. The Morgan fingerprint density at radius 1 is 1.12 bits per heavy atom. The maximum atomic E-state index is 9.96. The van der Waals surface area contributed by atoms with Gasteiger partial charge in [-0.05, 0) is 44.0 Å². The second-order valence-electron chi connectivity index (χ2n) is 5.77. The van der Waals surface area contributed by atoms with Gasteiger partial charge in [0.25, 0.3) is 0 Å². The lowest BCUT2D eigenvalue weighted by Crippen LogP contribution is -2.08. The van der Waals surface area contributed by atoms with E-state index in [9.17, 15) is 5.11 Å². The number of aromatic nitrogens is 2. The largest absolute Gasteiger partial charge is 0.492 e. The Bertz CT molecular complexity index is 814. The number of nitrogens with zero attached hydrogens (tertiary/aromatic N) is 2. The zero-order chi connectivity index (χ0) is 16.9. The number of hydrogen-bond donors (Lipinski definition) is 1. The van der Waals surface area contributed by atoms with Gasteiger partial charge in [0, 0.05) is 6.54 Å². The van der Waals surface area contributed by atoms with Crippen LogP contribution in [-0.2, 0) is 6.54 Å². The molecule has 1 aromatic heterocycles. The molecule has 2 aromatic carbocycles. The van der Waals surface area contributed by atoms with Crippen molar-refractivity contribution in [3.8, 4) is 5.75 Å². The van der Waals surface area contributed by atoms with Crippen LogP contribution in [0.25, 0.3) is 11.0 Å². The van der Waals surface area contributed by atoms with Crippen LogP contribution < -0.4 is 4.74 Å². The number of para-hydroxylation sites is 3. The van der Waals surface area contributed by atoms with Crippen LogP contribution in [0.5, 0.6) is 5.75 Å². The van der Waals surface area contributed by atoms with Crippen LogP contribution in [0.2, 0.25) is 5.02 Å². The first kappa shape index (κ1) is 16.8. The van der Waals surface area contributed by atoms with Crippen molar-refractivity contribution in [2.75, 3.05) is 6.61 Å². The monoisotopic (exact) mass is 344 g/mol. The van der Waals surface area contributed by atoms with Crippen molar-refractivity contribution in [2.45, 2.75) is 32.4 Å². The normalized spacial score (nSPS) is 12.5. The Kier molecular flexibility index (Phi) is 5.38. The van der Waals surface area contributed by atoms with Crippen LogP contribution in [0.4, 0.5) is 0 Å². The van der Waals surface area contributed by atoms with Crippen molar-refractivity contribution in [3.05, 3.63) is 59.4 Å². The van der Waals surface area contributed by atoms with Crippen molar-refractivity contribution >= 4 is 22.6 Å².